The van der Waals surface area contributed by atoms with Crippen LogP contribution in [0.4, 0.5) is 4.79 Å². The van der Waals surface area contributed by atoms with E-state index in [1.807, 2.05) is 20.8 Å². The first-order valence-electron chi connectivity index (χ1n) is 3.65. The molecule has 0 aliphatic rings. The maximum Gasteiger partial charge on any atom is 0.314 e. The van der Waals surface area contributed by atoms with Crippen LogP contribution < -0.4 is 16.4 Å². The molecule has 0 aliphatic heterocycles. The Labute approximate surface area is 67.5 Å². The van der Waals surface area contributed by atoms with Crippen molar-refractivity contribution in [3.05, 3.63) is 0 Å². The minimum absolute atomic E-state index is 0.0696. The highest BCUT2D eigenvalue weighted by Gasteiger charge is 2.23. The van der Waals surface area contributed by atoms with Gasteiger partial charge in [0.2, 0.25) is 0 Å². The molecule has 0 heterocycles. The Kier molecular flexibility index (Phi) is 3.32. The highest BCUT2D eigenvalue weighted by atomic mass is 16.2. The standard InChI is InChI=1S/C7H17N3O/c1-5(8)7(2,3)10-6(11)9-4/h5H,8H2,1-4H3,(H2,9,10,11). The predicted octanol–water partition coefficient (Wildman–Crippen LogP) is 0.0412. The number of carbonyl (C=O) groups is 1. The minimum atomic E-state index is -0.361. The smallest absolute Gasteiger partial charge is 0.314 e. The molecule has 66 valence electrons. The molecule has 0 aromatic heterocycles. The van der Waals surface area contributed by atoms with Crippen LogP contribution in [0, 0.1) is 0 Å². The van der Waals surface area contributed by atoms with E-state index in [-0.39, 0.29) is 17.6 Å². The quantitative estimate of drug-likeness (QED) is 0.532. The van der Waals surface area contributed by atoms with Crippen LogP contribution in [0.25, 0.3) is 0 Å². The normalized spacial score (nSPS) is 13.9. The van der Waals surface area contributed by atoms with Crippen molar-refractivity contribution in [2.24, 2.45) is 5.73 Å². The largest absolute Gasteiger partial charge is 0.341 e. The van der Waals surface area contributed by atoms with Crippen molar-refractivity contribution in [3.63, 3.8) is 0 Å². The van der Waals surface area contributed by atoms with Gasteiger partial charge >= 0.3 is 6.03 Å². The second-order valence-electron chi connectivity index (χ2n) is 3.21. The number of carbonyl (C=O) groups excluding carboxylic acids is 1. The van der Waals surface area contributed by atoms with E-state index in [1.165, 1.54) is 0 Å². The van der Waals surface area contributed by atoms with Crippen LogP contribution in [0.3, 0.4) is 0 Å². The van der Waals surface area contributed by atoms with Gasteiger partial charge in [0.05, 0.1) is 5.54 Å². The maximum atomic E-state index is 10.9. The van der Waals surface area contributed by atoms with Crippen molar-refractivity contribution >= 4 is 6.03 Å². The van der Waals surface area contributed by atoms with Crippen molar-refractivity contribution < 1.29 is 4.79 Å². The summed E-state index contributed by atoms with van der Waals surface area (Å²) >= 11 is 0. The lowest BCUT2D eigenvalue weighted by Gasteiger charge is -2.29. The van der Waals surface area contributed by atoms with E-state index in [2.05, 4.69) is 10.6 Å². The van der Waals surface area contributed by atoms with Crippen LogP contribution in [-0.2, 0) is 0 Å². The van der Waals surface area contributed by atoms with E-state index in [0.717, 1.165) is 0 Å². The van der Waals surface area contributed by atoms with Gasteiger partial charge in [0.15, 0.2) is 0 Å². The molecule has 0 aromatic rings. The Morgan fingerprint density at radius 3 is 2.27 bits per heavy atom. The van der Waals surface area contributed by atoms with Crippen LogP contribution in [0.5, 0.6) is 0 Å². The molecule has 0 aromatic carbocycles. The molecular weight excluding hydrogens is 142 g/mol. The van der Waals surface area contributed by atoms with Crippen LogP contribution >= 0.6 is 0 Å². The summed E-state index contributed by atoms with van der Waals surface area (Å²) in [6.07, 6.45) is 0. The second-order valence-corrected chi connectivity index (χ2v) is 3.21. The van der Waals surface area contributed by atoms with E-state index in [4.69, 9.17) is 5.73 Å². The monoisotopic (exact) mass is 159 g/mol. The first kappa shape index (κ1) is 10.2. The molecule has 1 unspecified atom stereocenters. The van der Waals surface area contributed by atoms with Crippen LogP contribution in [0.2, 0.25) is 0 Å². The van der Waals surface area contributed by atoms with Crippen molar-refractivity contribution in [1.29, 1.82) is 0 Å². The van der Waals surface area contributed by atoms with Crippen molar-refractivity contribution in [3.8, 4) is 0 Å². The molecular formula is C7H17N3O. The molecule has 2 amide bonds. The summed E-state index contributed by atoms with van der Waals surface area (Å²) in [5, 5.41) is 5.20. The average molecular weight is 159 g/mol. The number of nitrogens with two attached hydrogens (primary N) is 1. The molecule has 0 bridgehead atoms. The first-order valence-corrected chi connectivity index (χ1v) is 3.65. The lowest BCUT2D eigenvalue weighted by molar-refractivity contribution is 0.227. The fraction of sp³-hybridized carbons (Fsp3) is 0.857. The van der Waals surface area contributed by atoms with Gasteiger partial charge in [-0.05, 0) is 20.8 Å². The van der Waals surface area contributed by atoms with Crippen LogP contribution in [-0.4, -0.2) is 24.7 Å². The second kappa shape index (κ2) is 3.57. The third-order valence-corrected chi connectivity index (χ3v) is 1.80. The number of amides is 2. The molecule has 4 nitrogen and oxygen atoms in total. The Bertz CT molecular complexity index is 143. The summed E-state index contributed by atoms with van der Waals surface area (Å²) in [5.41, 5.74) is 5.27. The lowest BCUT2D eigenvalue weighted by Crippen LogP contribution is -2.56. The summed E-state index contributed by atoms with van der Waals surface area (Å²) in [6, 6.07) is -0.271. The molecule has 0 fully saturated rings. The van der Waals surface area contributed by atoms with E-state index in [9.17, 15) is 4.79 Å². The summed E-state index contributed by atoms with van der Waals surface area (Å²) < 4.78 is 0. The predicted molar refractivity (Wildman–Crippen MR) is 45.3 cm³/mol. The summed E-state index contributed by atoms with van der Waals surface area (Å²) in [7, 11) is 1.58. The molecule has 0 rings (SSSR count). The van der Waals surface area contributed by atoms with Gasteiger partial charge in [-0.2, -0.15) is 0 Å². The highest BCUT2D eigenvalue weighted by molar-refractivity contribution is 5.74. The Balaban J connectivity index is 4.01. The fourth-order valence-electron chi connectivity index (χ4n) is 0.469. The highest BCUT2D eigenvalue weighted by Crippen LogP contribution is 2.05. The van der Waals surface area contributed by atoms with Gasteiger partial charge < -0.3 is 16.4 Å². The molecule has 4 heteroatoms. The molecule has 0 spiro atoms. The Morgan fingerprint density at radius 1 is 1.55 bits per heavy atom. The van der Waals surface area contributed by atoms with Gasteiger partial charge in [0, 0.05) is 13.1 Å². The molecule has 11 heavy (non-hydrogen) atoms. The van der Waals surface area contributed by atoms with Crippen molar-refractivity contribution in [1.82, 2.24) is 10.6 Å². The SMILES string of the molecule is CNC(=O)NC(C)(C)C(C)N. The Hall–Kier alpha value is -0.770. The number of hydrogen-bond acceptors (Lipinski definition) is 2. The summed E-state index contributed by atoms with van der Waals surface area (Å²) in [5.74, 6) is 0. The summed E-state index contributed by atoms with van der Waals surface area (Å²) in [6.45, 7) is 5.62. The van der Waals surface area contributed by atoms with Crippen molar-refractivity contribution in [2.45, 2.75) is 32.4 Å². The lowest BCUT2D eigenvalue weighted by atomic mass is 9.97. The molecule has 0 saturated heterocycles. The fourth-order valence-corrected chi connectivity index (χ4v) is 0.469. The number of rotatable bonds is 2. The van der Waals surface area contributed by atoms with Gasteiger partial charge in [0.1, 0.15) is 0 Å². The van der Waals surface area contributed by atoms with E-state index in [0.29, 0.717) is 0 Å². The molecule has 4 N–H and O–H groups in total. The molecule has 1 atom stereocenters. The van der Waals surface area contributed by atoms with Gasteiger partial charge in [-0.1, -0.05) is 0 Å². The third kappa shape index (κ3) is 3.23. The van der Waals surface area contributed by atoms with Gasteiger partial charge in [-0.15, -0.1) is 0 Å². The molecule has 0 aliphatic carbocycles. The zero-order chi connectivity index (χ0) is 9.07. The number of nitrogens with one attached hydrogen (secondary N) is 2. The number of urea groups is 1. The topological polar surface area (TPSA) is 67.2 Å². The van der Waals surface area contributed by atoms with E-state index >= 15 is 0 Å². The van der Waals surface area contributed by atoms with Gasteiger partial charge in [0.25, 0.3) is 0 Å². The number of hydrogen-bond donors (Lipinski definition) is 3. The average Bonchev–Trinajstić information content (AvgIpc) is 1.86. The maximum absolute atomic E-state index is 10.9. The van der Waals surface area contributed by atoms with E-state index in [1.54, 1.807) is 7.05 Å². The molecule has 0 saturated carbocycles. The molecule has 0 radical (unpaired) electrons. The van der Waals surface area contributed by atoms with Crippen LogP contribution in [0.15, 0.2) is 0 Å². The van der Waals surface area contributed by atoms with Gasteiger partial charge in [-0.25, -0.2) is 4.79 Å². The van der Waals surface area contributed by atoms with Gasteiger partial charge in [-0.3, -0.25) is 0 Å². The first-order chi connectivity index (χ1) is 4.90. The van der Waals surface area contributed by atoms with Crippen molar-refractivity contribution in [2.75, 3.05) is 7.05 Å². The van der Waals surface area contributed by atoms with E-state index < -0.39 is 0 Å². The zero-order valence-electron chi connectivity index (χ0n) is 7.56. The third-order valence-electron chi connectivity index (χ3n) is 1.80. The Morgan fingerprint density at radius 2 is 2.00 bits per heavy atom. The zero-order valence-corrected chi connectivity index (χ0v) is 7.56. The summed E-state index contributed by atoms with van der Waals surface area (Å²) in [4.78, 5) is 10.9. The van der Waals surface area contributed by atoms with Crippen LogP contribution in [0.1, 0.15) is 20.8 Å². The minimum Gasteiger partial charge on any atom is -0.341 e.